The zero-order valence-corrected chi connectivity index (χ0v) is 29.1. The maximum atomic E-state index is 14.6. The Labute approximate surface area is 291 Å². The molecule has 258 valence electrons. The number of sulfonamides is 1. The number of unbranched alkanes of at least 4 members (excludes halogenated alkanes) is 1. The van der Waals surface area contributed by atoms with Crippen molar-refractivity contribution in [2.24, 2.45) is 0 Å². The highest BCUT2D eigenvalue weighted by atomic mass is 35.5. The molecule has 1 N–H and O–H groups in total. The first-order chi connectivity index (χ1) is 23.5. The topological polar surface area (TPSA) is 139 Å². The number of carbonyl (C=O) groups is 2. The number of amides is 2. The normalized spacial score (nSPS) is 11.8. The summed E-state index contributed by atoms with van der Waals surface area (Å²) in [5, 5.41) is 14.9. The van der Waals surface area contributed by atoms with E-state index in [1.54, 1.807) is 0 Å². The number of rotatable bonds is 16. The molecule has 13 heteroatoms. The van der Waals surface area contributed by atoms with Crippen molar-refractivity contribution in [3.8, 4) is 5.75 Å². The standard InChI is InChI=1S/C36H39ClN4O7S/c1-4-5-20-38-36(43)33(21-27-12-8-6-9-13-27)39(24-28-14-10-7-11-15-28)35(42)25-40(32-22-29(37)17-19-34(32)48-3)49(46,47)30-18-16-26(2)31(23-30)41(44)45/h6-19,22-23,33H,4-5,20-21,24-25H2,1-3H3,(H,38,43)/t33-/m1/s1. The van der Waals surface area contributed by atoms with Gasteiger partial charge in [0, 0.05) is 36.2 Å². The maximum Gasteiger partial charge on any atom is 0.273 e. The predicted octanol–water partition coefficient (Wildman–Crippen LogP) is 6.32. The van der Waals surface area contributed by atoms with Gasteiger partial charge in [-0.25, -0.2) is 8.42 Å². The van der Waals surface area contributed by atoms with E-state index in [1.165, 1.54) is 49.3 Å². The second kappa shape index (κ2) is 16.9. The lowest BCUT2D eigenvalue weighted by Gasteiger charge is -2.34. The van der Waals surface area contributed by atoms with Crippen LogP contribution >= 0.6 is 11.6 Å². The molecular weight excluding hydrogens is 668 g/mol. The average Bonchev–Trinajstić information content (AvgIpc) is 3.09. The zero-order valence-electron chi connectivity index (χ0n) is 27.5. The Morgan fingerprint density at radius 3 is 2.22 bits per heavy atom. The van der Waals surface area contributed by atoms with Gasteiger partial charge in [0.2, 0.25) is 11.8 Å². The molecule has 0 saturated heterocycles. The highest BCUT2D eigenvalue weighted by Gasteiger charge is 2.36. The number of benzene rings is 4. The van der Waals surface area contributed by atoms with Crippen LogP contribution in [0.3, 0.4) is 0 Å². The van der Waals surface area contributed by atoms with Crippen LogP contribution in [0, 0.1) is 17.0 Å². The van der Waals surface area contributed by atoms with Gasteiger partial charge in [-0.3, -0.25) is 24.0 Å². The van der Waals surface area contributed by atoms with Gasteiger partial charge in [-0.2, -0.15) is 0 Å². The molecular formula is C36H39ClN4O7S. The van der Waals surface area contributed by atoms with E-state index in [2.05, 4.69) is 5.32 Å². The molecule has 0 aliphatic carbocycles. The highest BCUT2D eigenvalue weighted by Crippen LogP contribution is 2.36. The van der Waals surface area contributed by atoms with Crippen LogP contribution in [0.15, 0.2) is 102 Å². The number of anilines is 1. The third-order valence-corrected chi connectivity index (χ3v) is 9.94. The summed E-state index contributed by atoms with van der Waals surface area (Å²) in [7, 11) is -3.32. The lowest BCUT2D eigenvalue weighted by atomic mass is 10.0. The van der Waals surface area contributed by atoms with E-state index in [-0.39, 0.29) is 40.9 Å². The van der Waals surface area contributed by atoms with E-state index >= 15 is 0 Å². The molecule has 0 radical (unpaired) electrons. The number of nitrogens with one attached hydrogen (secondary N) is 1. The molecule has 0 aromatic heterocycles. The molecule has 4 rings (SSSR count). The van der Waals surface area contributed by atoms with Crippen molar-refractivity contribution in [1.29, 1.82) is 0 Å². The van der Waals surface area contributed by atoms with Crippen LogP contribution < -0.4 is 14.4 Å². The Balaban J connectivity index is 1.86. The van der Waals surface area contributed by atoms with Gasteiger partial charge in [-0.15, -0.1) is 0 Å². The summed E-state index contributed by atoms with van der Waals surface area (Å²) in [6.45, 7) is 3.12. The summed E-state index contributed by atoms with van der Waals surface area (Å²) in [6, 6.07) is 25.1. The molecule has 0 bridgehead atoms. The number of ether oxygens (including phenoxy) is 1. The average molecular weight is 707 g/mol. The van der Waals surface area contributed by atoms with Crippen LogP contribution in [0.4, 0.5) is 11.4 Å². The van der Waals surface area contributed by atoms with E-state index < -0.39 is 44.0 Å². The fourth-order valence-corrected chi connectivity index (χ4v) is 6.89. The minimum atomic E-state index is -4.66. The van der Waals surface area contributed by atoms with E-state index in [1.807, 2.05) is 67.6 Å². The van der Waals surface area contributed by atoms with Crippen molar-refractivity contribution in [3.05, 3.63) is 129 Å². The van der Waals surface area contributed by atoms with Gasteiger partial charge in [0.1, 0.15) is 18.3 Å². The number of halogens is 1. The zero-order chi connectivity index (χ0) is 35.6. The molecule has 49 heavy (non-hydrogen) atoms. The smallest absolute Gasteiger partial charge is 0.273 e. The van der Waals surface area contributed by atoms with Crippen LogP contribution in [0.5, 0.6) is 5.75 Å². The largest absolute Gasteiger partial charge is 0.495 e. The minimum Gasteiger partial charge on any atom is -0.495 e. The number of nitro benzene ring substituents is 1. The van der Waals surface area contributed by atoms with Crippen molar-refractivity contribution >= 4 is 44.8 Å². The Morgan fingerprint density at radius 2 is 1.61 bits per heavy atom. The number of hydrogen-bond acceptors (Lipinski definition) is 7. The lowest BCUT2D eigenvalue weighted by molar-refractivity contribution is -0.385. The lowest BCUT2D eigenvalue weighted by Crippen LogP contribution is -2.53. The van der Waals surface area contributed by atoms with Crippen LogP contribution in [0.25, 0.3) is 0 Å². The molecule has 1 atom stereocenters. The van der Waals surface area contributed by atoms with E-state index in [0.717, 1.165) is 34.3 Å². The molecule has 0 fully saturated rings. The maximum absolute atomic E-state index is 14.6. The van der Waals surface area contributed by atoms with Gasteiger partial charge in [0.25, 0.3) is 15.7 Å². The van der Waals surface area contributed by atoms with Gasteiger partial charge in [0.05, 0.1) is 22.6 Å². The second-order valence-corrected chi connectivity index (χ2v) is 13.7. The number of carbonyl (C=O) groups excluding carboxylic acids is 2. The van der Waals surface area contributed by atoms with Crippen LogP contribution in [-0.4, -0.2) is 56.3 Å². The third kappa shape index (κ3) is 9.36. The molecule has 0 spiro atoms. The first-order valence-corrected chi connectivity index (χ1v) is 17.5. The summed E-state index contributed by atoms with van der Waals surface area (Å²) in [4.78, 5) is 40.6. The third-order valence-electron chi connectivity index (χ3n) is 7.95. The van der Waals surface area contributed by atoms with Gasteiger partial charge in [-0.05, 0) is 48.7 Å². The van der Waals surface area contributed by atoms with E-state index in [9.17, 15) is 28.1 Å². The minimum absolute atomic E-state index is 0.00502. The summed E-state index contributed by atoms with van der Waals surface area (Å²) in [6.07, 6.45) is 1.75. The SMILES string of the molecule is CCCCNC(=O)[C@@H](Cc1ccccc1)N(Cc1ccccc1)C(=O)CN(c1cc(Cl)ccc1OC)S(=O)(=O)c1ccc(C)c([N+](=O)[O-])c1. The molecule has 4 aromatic carbocycles. The quantitative estimate of drug-likeness (QED) is 0.0818. The molecule has 0 saturated carbocycles. The number of nitro groups is 1. The first-order valence-electron chi connectivity index (χ1n) is 15.7. The van der Waals surface area contributed by atoms with Crippen molar-refractivity contribution in [3.63, 3.8) is 0 Å². The number of nitrogens with zero attached hydrogens (tertiary/aromatic N) is 3. The predicted molar refractivity (Wildman–Crippen MR) is 189 cm³/mol. The van der Waals surface area contributed by atoms with Crippen LogP contribution in [0.2, 0.25) is 5.02 Å². The van der Waals surface area contributed by atoms with Crippen molar-refractivity contribution in [2.75, 3.05) is 24.5 Å². The van der Waals surface area contributed by atoms with Crippen molar-refractivity contribution in [1.82, 2.24) is 10.2 Å². The Bertz CT molecular complexity index is 1880. The van der Waals surface area contributed by atoms with Crippen molar-refractivity contribution in [2.45, 2.75) is 50.6 Å². The fourth-order valence-electron chi connectivity index (χ4n) is 5.29. The monoisotopic (exact) mass is 706 g/mol. The molecule has 4 aromatic rings. The Kier molecular flexibility index (Phi) is 12.8. The molecule has 0 aliphatic rings. The van der Waals surface area contributed by atoms with Crippen molar-refractivity contribution < 1.29 is 27.7 Å². The molecule has 0 heterocycles. The Morgan fingerprint density at radius 1 is 0.959 bits per heavy atom. The summed E-state index contributed by atoms with van der Waals surface area (Å²) in [5.74, 6) is -0.983. The first kappa shape index (κ1) is 36.9. The van der Waals surface area contributed by atoms with Gasteiger partial charge in [0.15, 0.2) is 0 Å². The summed E-state index contributed by atoms with van der Waals surface area (Å²) in [5.41, 5.74) is 1.33. The Hall–Kier alpha value is -4.94. The molecule has 2 amide bonds. The number of methoxy groups -OCH3 is 1. The summed E-state index contributed by atoms with van der Waals surface area (Å²) < 4.78 is 35.2. The molecule has 11 nitrogen and oxygen atoms in total. The van der Waals surface area contributed by atoms with Crippen LogP contribution in [-0.2, 0) is 32.6 Å². The number of hydrogen-bond donors (Lipinski definition) is 1. The van der Waals surface area contributed by atoms with Gasteiger partial charge < -0.3 is 15.0 Å². The molecule has 0 aliphatic heterocycles. The fraction of sp³-hybridized carbons (Fsp3) is 0.278. The summed E-state index contributed by atoms with van der Waals surface area (Å²) >= 11 is 6.34. The van der Waals surface area contributed by atoms with Gasteiger partial charge in [-0.1, -0.05) is 91.7 Å². The second-order valence-electron chi connectivity index (χ2n) is 11.4. The van der Waals surface area contributed by atoms with Crippen LogP contribution in [0.1, 0.15) is 36.5 Å². The molecule has 0 unspecified atom stereocenters. The van der Waals surface area contributed by atoms with E-state index in [0.29, 0.717) is 6.54 Å². The number of aryl methyl sites for hydroxylation is 1. The van der Waals surface area contributed by atoms with Gasteiger partial charge >= 0.3 is 0 Å². The van der Waals surface area contributed by atoms with E-state index in [4.69, 9.17) is 16.3 Å². The highest BCUT2D eigenvalue weighted by molar-refractivity contribution is 7.92.